The van der Waals surface area contributed by atoms with Gasteiger partial charge in [0, 0.05) is 6.07 Å². The van der Waals surface area contributed by atoms with Crippen LogP contribution in [0, 0.1) is 10.1 Å². The van der Waals surface area contributed by atoms with Gasteiger partial charge in [0.1, 0.15) is 0 Å². The largest absolute Gasteiger partial charge is 0.574 e. The molecule has 0 amide bonds. The van der Waals surface area contributed by atoms with Gasteiger partial charge in [0.15, 0.2) is 0 Å². The molecule has 1 rings (SSSR count). The molecular formula is C7H5F3N2O5. The Labute approximate surface area is 90.6 Å². The first kappa shape index (κ1) is 13.0. The summed E-state index contributed by atoms with van der Waals surface area (Å²) >= 11 is 0. The van der Waals surface area contributed by atoms with Crippen LogP contribution in [-0.2, 0) is 6.61 Å². The van der Waals surface area contributed by atoms with Gasteiger partial charge in [-0.1, -0.05) is 0 Å². The number of H-pyrrole nitrogens is 1. The van der Waals surface area contributed by atoms with E-state index in [1.54, 1.807) is 0 Å². The van der Waals surface area contributed by atoms with Gasteiger partial charge in [-0.15, -0.1) is 13.2 Å². The smallest absolute Gasteiger partial charge is 0.391 e. The molecule has 0 spiro atoms. The van der Waals surface area contributed by atoms with Crippen LogP contribution in [0.25, 0.3) is 0 Å². The van der Waals surface area contributed by atoms with Gasteiger partial charge in [0.2, 0.25) is 0 Å². The molecule has 0 aliphatic rings. The second-order valence-electron chi connectivity index (χ2n) is 2.80. The van der Waals surface area contributed by atoms with Crippen molar-refractivity contribution < 1.29 is 27.9 Å². The van der Waals surface area contributed by atoms with Gasteiger partial charge in [-0.25, -0.2) is 0 Å². The number of aromatic nitrogens is 1. The van der Waals surface area contributed by atoms with E-state index in [0.29, 0.717) is 6.07 Å². The van der Waals surface area contributed by atoms with E-state index in [1.807, 2.05) is 0 Å². The summed E-state index contributed by atoms with van der Waals surface area (Å²) in [4.78, 5) is 21.8. The predicted octanol–water partition coefficient (Wildman–Crippen LogP) is 0.674. The van der Waals surface area contributed by atoms with Crippen molar-refractivity contribution in [2.75, 3.05) is 0 Å². The van der Waals surface area contributed by atoms with Crippen molar-refractivity contribution in [1.82, 2.24) is 4.98 Å². The number of nitro groups is 1. The van der Waals surface area contributed by atoms with Gasteiger partial charge in [-0.3, -0.25) is 19.9 Å². The summed E-state index contributed by atoms with van der Waals surface area (Å²) in [7, 11) is 0. The van der Waals surface area contributed by atoms with Crippen LogP contribution in [0.2, 0.25) is 0 Å². The molecule has 0 fully saturated rings. The molecule has 1 aromatic heterocycles. The van der Waals surface area contributed by atoms with Crippen molar-refractivity contribution in [2.45, 2.75) is 13.0 Å². The highest BCUT2D eigenvalue weighted by molar-refractivity contribution is 5.47. The fraction of sp³-hybridized carbons (Fsp3) is 0.286. The Bertz CT molecular complexity index is 495. The van der Waals surface area contributed by atoms with Crippen molar-refractivity contribution >= 4 is 5.69 Å². The van der Waals surface area contributed by atoms with Gasteiger partial charge in [0.25, 0.3) is 11.4 Å². The van der Waals surface area contributed by atoms with Crippen molar-refractivity contribution in [3.05, 3.63) is 32.1 Å². The molecule has 2 N–H and O–H groups in total. The summed E-state index contributed by atoms with van der Waals surface area (Å²) in [6.07, 6.45) is -5.19. The van der Waals surface area contributed by atoms with Crippen LogP contribution < -0.4 is 10.3 Å². The zero-order valence-electron chi connectivity index (χ0n) is 7.95. The first-order chi connectivity index (χ1) is 7.74. The molecule has 0 aliphatic carbocycles. The standard InChI is InChI=1S/C7H5F3N2O5/c8-7(9,10)17-6-5(12(15)16)3(2-13)1-4(14)11-6/h1,13H,2H2,(H,11,14). The molecule has 10 heteroatoms. The molecule has 0 unspecified atom stereocenters. The van der Waals surface area contributed by atoms with Crippen LogP contribution in [-0.4, -0.2) is 21.4 Å². The molecule has 0 aliphatic heterocycles. The Morgan fingerprint density at radius 3 is 2.53 bits per heavy atom. The highest BCUT2D eigenvalue weighted by atomic mass is 19.4. The van der Waals surface area contributed by atoms with Gasteiger partial charge in [-0.05, 0) is 0 Å². The van der Waals surface area contributed by atoms with Crippen LogP contribution >= 0.6 is 0 Å². The number of alkyl halides is 3. The normalized spacial score (nSPS) is 11.3. The molecule has 1 heterocycles. The Kier molecular flexibility index (Phi) is 3.36. The first-order valence-corrected chi connectivity index (χ1v) is 4.02. The molecule has 0 saturated heterocycles. The topological polar surface area (TPSA) is 105 Å². The van der Waals surface area contributed by atoms with Crippen LogP contribution in [0.4, 0.5) is 18.9 Å². The van der Waals surface area contributed by atoms with Crippen LogP contribution in [0.3, 0.4) is 0 Å². The van der Waals surface area contributed by atoms with E-state index in [4.69, 9.17) is 5.11 Å². The van der Waals surface area contributed by atoms with Crippen LogP contribution in [0.5, 0.6) is 5.88 Å². The highest BCUT2D eigenvalue weighted by Gasteiger charge is 2.36. The maximum Gasteiger partial charge on any atom is 0.574 e. The Morgan fingerprint density at radius 1 is 1.53 bits per heavy atom. The Morgan fingerprint density at radius 2 is 2.12 bits per heavy atom. The predicted molar refractivity (Wildman–Crippen MR) is 46.3 cm³/mol. The van der Waals surface area contributed by atoms with E-state index in [9.17, 15) is 28.1 Å². The van der Waals surface area contributed by atoms with Gasteiger partial charge in [0.05, 0.1) is 17.1 Å². The number of hydrogen-bond donors (Lipinski definition) is 2. The van der Waals surface area contributed by atoms with E-state index >= 15 is 0 Å². The average molecular weight is 254 g/mol. The zero-order chi connectivity index (χ0) is 13.2. The maximum absolute atomic E-state index is 11.9. The highest BCUT2D eigenvalue weighted by Crippen LogP contribution is 2.31. The van der Waals surface area contributed by atoms with Crippen molar-refractivity contribution in [3.8, 4) is 5.88 Å². The molecule has 0 radical (unpaired) electrons. The van der Waals surface area contributed by atoms with Crippen molar-refractivity contribution in [3.63, 3.8) is 0 Å². The first-order valence-electron chi connectivity index (χ1n) is 4.02. The molecule has 1 aromatic rings. The van der Waals surface area contributed by atoms with E-state index < -0.39 is 40.6 Å². The lowest BCUT2D eigenvalue weighted by Crippen LogP contribution is -2.22. The quantitative estimate of drug-likeness (QED) is 0.609. The maximum atomic E-state index is 11.9. The average Bonchev–Trinajstić information content (AvgIpc) is 2.12. The van der Waals surface area contributed by atoms with Crippen LogP contribution in [0.15, 0.2) is 10.9 Å². The number of hydrogen-bond acceptors (Lipinski definition) is 5. The lowest BCUT2D eigenvalue weighted by molar-refractivity contribution is -0.390. The van der Waals surface area contributed by atoms with Crippen LogP contribution in [0.1, 0.15) is 5.56 Å². The third kappa shape index (κ3) is 3.17. The number of ether oxygens (including phenoxy) is 1. The number of aliphatic hydroxyl groups excluding tert-OH is 1. The molecule has 7 nitrogen and oxygen atoms in total. The van der Waals surface area contributed by atoms with Crippen molar-refractivity contribution in [2.24, 2.45) is 0 Å². The summed E-state index contributed by atoms with van der Waals surface area (Å²) < 4.78 is 39.1. The Balaban J connectivity index is 3.41. The van der Waals surface area contributed by atoms with E-state index in [2.05, 4.69) is 4.74 Å². The van der Waals surface area contributed by atoms with Crippen molar-refractivity contribution in [1.29, 1.82) is 0 Å². The molecule has 0 atom stereocenters. The van der Waals surface area contributed by atoms with E-state index in [1.165, 1.54) is 4.98 Å². The molecule has 0 bridgehead atoms. The second-order valence-corrected chi connectivity index (χ2v) is 2.80. The number of rotatable bonds is 3. The third-order valence-electron chi connectivity index (χ3n) is 1.63. The number of aliphatic hydroxyl groups is 1. The van der Waals surface area contributed by atoms with E-state index in [-0.39, 0.29) is 0 Å². The van der Waals surface area contributed by atoms with Gasteiger partial charge >= 0.3 is 12.0 Å². The summed E-state index contributed by atoms with van der Waals surface area (Å²) in [5, 5.41) is 19.2. The number of halogens is 3. The number of pyridine rings is 1. The zero-order valence-corrected chi connectivity index (χ0v) is 7.95. The SMILES string of the molecule is O=c1cc(CO)c([N+](=O)[O-])c(OC(F)(F)F)[nH]1. The number of nitrogens with zero attached hydrogens (tertiary/aromatic N) is 1. The lowest BCUT2D eigenvalue weighted by atomic mass is 10.2. The fourth-order valence-corrected chi connectivity index (χ4v) is 1.09. The molecule has 17 heavy (non-hydrogen) atoms. The monoisotopic (exact) mass is 254 g/mol. The molecular weight excluding hydrogens is 249 g/mol. The minimum Gasteiger partial charge on any atom is -0.391 e. The fourth-order valence-electron chi connectivity index (χ4n) is 1.09. The summed E-state index contributed by atoms with van der Waals surface area (Å²) in [5.74, 6) is -1.36. The minimum absolute atomic E-state index is 0.571. The molecule has 94 valence electrons. The van der Waals surface area contributed by atoms with E-state index in [0.717, 1.165) is 0 Å². The molecule has 0 aromatic carbocycles. The second kappa shape index (κ2) is 4.41. The third-order valence-corrected chi connectivity index (χ3v) is 1.63. The summed E-state index contributed by atoms with van der Waals surface area (Å²) in [6, 6.07) is 0.612. The van der Waals surface area contributed by atoms with Gasteiger partial charge in [-0.2, -0.15) is 0 Å². The lowest BCUT2D eigenvalue weighted by Gasteiger charge is -2.09. The summed E-state index contributed by atoms with van der Waals surface area (Å²) in [6.45, 7) is -0.964. The molecule has 0 saturated carbocycles. The number of aromatic amines is 1. The minimum atomic E-state index is -5.19. The summed E-state index contributed by atoms with van der Waals surface area (Å²) in [5.41, 5.74) is -2.76. The Hall–Kier alpha value is -2.10. The number of nitrogens with one attached hydrogen (secondary N) is 1. The van der Waals surface area contributed by atoms with Gasteiger partial charge < -0.3 is 9.84 Å².